The SMILES string of the molecule is C1=NC=C2NNCC2C1.C1=NCC2CNNC2=C1. The molecule has 4 heterocycles. The summed E-state index contributed by atoms with van der Waals surface area (Å²) < 4.78 is 0. The minimum absolute atomic E-state index is 0.606. The van der Waals surface area contributed by atoms with Gasteiger partial charge in [-0.05, 0) is 12.5 Å². The van der Waals surface area contributed by atoms with E-state index in [4.69, 9.17) is 0 Å². The van der Waals surface area contributed by atoms with Crippen LogP contribution in [0.5, 0.6) is 0 Å². The Morgan fingerprint density at radius 2 is 1.89 bits per heavy atom. The van der Waals surface area contributed by atoms with Gasteiger partial charge in [0.1, 0.15) is 0 Å². The van der Waals surface area contributed by atoms with Gasteiger partial charge in [0.2, 0.25) is 0 Å². The van der Waals surface area contributed by atoms with E-state index in [0.717, 1.165) is 26.1 Å². The molecule has 4 N–H and O–H groups in total. The fourth-order valence-corrected chi connectivity index (χ4v) is 2.31. The van der Waals surface area contributed by atoms with Crippen molar-refractivity contribution in [2.75, 3.05) is 19.6 Å². The third-order valence-corrected chi connectivity index (χ3v) is 3.44. The number of hydrogen-bond donors (Lipinski definition) is 4. The van der Waals surface area contributed by atoms with E-state index in [1.54, 1.807) is 0 Å². The molecule has 2 fully saturated rings. The Labute approximate surface area is 106 Å². The molecule has 6 heteroatoms. The van der Waals surface area contributed by atoms with Crippen molar-refractivity contribution in [1.29, 1.82) is 0 Å². The zero-order valence-electron chi connectivity index (χ0n) is 10.2. The summed E-state index contributed by atoms with van der Waals surface area (Å²) in [7, 11) is 0. The topological polar surface area (TPSA) is 72.8 Å². The van der Waals surface area contributed by atoms with Crippen LogP contribution in [0.1, 0.15) is 6.42 Å². The van der Waals surface area contributed by atoms with Gasteiger partial charge in [0.25, 0.3) is 0 Å². The molecule has 0 aromatic carbocycles. The van der Waals surface area contributed by atoms with Crippen molar-refractivity contribution >= 4 is 12.4 Å². The first kappa shape index (κ1) is 11.4. The summed E-state index contributed by atoms with van der Waals surface area (Å²) in [5.41, 5.74) is 14.8. The lowest BCUT2D eigenvalue weighted by Gasteiger charge is -2.08. The van der Waals surface area contributed by atoms with E-state index in [2.05, 4.69) is 31.7 Å². The van der Waals surface area contributed by atoms with Crippen LogP contribution in [0.25, 0.3) is 0 Å². The van der Waals surface area contributed by atoms with Crippen LogP contribution in [0.3, 0.4) is 0 Å². The van der Waals surface area contributed by atoms with E-state index in [0.29, 0.717) is 11.8 Å². The summed E-state index contributed by atoms with van der Waals surface area (Å²) >= 11 is 0. The zero-order valence-corrected chi connectivity index (χ0v) is 10.2. The van der Waals surface area contributed by atoms with Crippen LogP contribution >= 0.6 is 0 Å². The predicted molar refractivity (Wildman–Crippen MR) is 71.9 cm³/mol. The molecule has 0 aromatic rings. The van der Waals surface area contributed by atoms with Crippen molar-refractivity contribution < 1.29 is 0 Å². The molecule has 2 atom stereocenters. The van der Waals surface area contributed by atoms with Gasteiger partial charge in [0.05, 0.1) is 0 Å². The number of rotatable bonds is 0. The molecule has 4 aliphatic rings. The Balaban J connectivity index is 0.000000111. The molecule has 0 spiro atoms. The van der Waals surface area contributed by atoms with E-state index in [-0.39, 0.29) is 0 Å². The summed E-state index contributed by atoms with van der Waals surface area (Å²) in [6, 6.07) is 0. The maximum atomic E-state index is 4.14. The highest BCUT2D eigenvalue weighted by Crippen LogP contribution is 2.17. The molecular formula is C12H18N6. The van der Waals surface area contributed by atoms with Crippen molar-refractivity contribution in [2.24, 2.45) is 21.8 Å². The van der Waals surface area contributed by atoms with E-state index >= 15 is 0 Å². The van der Waals surface area contributed by atoms with Crippen LogP contribution in [0.15, 0.2) is 33.7 Å². The molecule has 0 saturated carbocycles. The van der Waals surface area contributed by atoms with E-state index < -0.39 is 0 Å². The predicted octanol–water partition coefficient (Wildman–Crippen LogP) is -0.295. The number of fused-ring (bicyclic) bond motifs is 2. The largest absolute Gasteiger partial charge is 0.325 e. The minimum atomic E-state index is 0.606. The maximum Gasteiger partial charge on any atom is 0.0492 e. The first-order valence-corrected chi connectivity index (χ1v) is 6.33. The Morgan fingerprint density at radius 1 is 1.06 bits per heavy atom. The molecule has 0 bridgehead atoms. The second-order valence-electron chi connectivity index (χ2n) is 4.69. The van der Waals surface area contributed by atoms with Gasteiger partial charge in [-0.1, -0.05) is 0 Å². The Kier molecular flexibility index (Phi) is 3.38. The second kappa shape index (κ2) is 5.32. The fourth-order valence-electron chi connectivity index (χ4n) is 2.31. The highest BCUT2D eigenvalue weighted by molar-refractivity contribution is 5.73. The van der Waals surface area contributed by atoms with E-state index in [1.807, 2.05) is 24.7 Å². The molecular weight excluding hydrogens is 228 g/mol. The van der Waals surface area contributed by atoms with Gasteiger partial charge in [-0.2, -0.15) is 0 Å². The van der Waals surface area contributed by atoms with Crippen molar-refractivity contribution in [3.05, 3.63) is 23.7 Å². The zero-order chi connectivity index (χ0) is 12.2. The van der Waals surface area contributed by atoms with Crippen LogP contribution in [0.2, 0.25) is 0 Å². The van der Waals surface area contributed by atoms with E-state index in [9.17, 15) is 0 Å². The molecule has 0 aromatic heterocycles. The summed E-state index contributed by atoms with van der Waals surface area (Å²) in [4.78, 5) is 8.17. The number of nitrogens with zero attached hydrogens (tertiary/aromatic N) is 2. The molecule has 96 valence electrons. The lowest BCUT2D eigenvalue weighted by atomic mass is 10.0. The smallest absolute Gasteiger partial charge is 0.0492 e. The average molecular weight is 246 g/mol. The molecule has 2 unspecified atom stereocenters. The maximum absolute atomic E-state index is 4.14. The molecule has 2 saturated heterocycles. The van der Waals surface area contributed by atoms with Crippen molar-refractivity contribution in [3.63, 3.8) is 0 Å². The average Bonchev–Trinajstić information content (AvgIpc) is 3.08. The molecule has 4 rings (SSSR count). The van der Waals surface area contributed by atoms with Gasteiger partial charge in [0, 0.05) is 61.5 Å². The fraction of sp³-hybridized carbons (Fsp3) is 0.500. The standard InChI is InChI=1S/2C6H9N3/c1-2-7-3-5-4-8-9-6(1)5;1-2-7-4-6-5(1)3-8-9-6/h1-2,5,8-9H,3-4H2;2,4-5,8-9H,1,3H2. The Bertz CT molecular complexity index is 382. The van der Waals surface area contributed by atoms with Gasteiger partial charge in [-0.3, -0.25) is 9.98 Å². The molecule has 18 heavy (non-hydrogen) atoms. The minimum Gasteiger partial charge on any atom is -0.325 e. The number of nitrogens with one attached hydrogen (secondary N) is 4. The molecule has 0 aliphatic carbocycles. The van der Waals surface area contributed by atoms with Crippen molar-refractivity contribution in [3.8, 4) is 0 Å². The summed E-state index contributed by atoms with van der Waals surface area (Å²) in [5, 5.41) is 0. The highest BCUT2D eigenvalue weighted by Gasteiger charge is 2.21. The number of hydrogen-bond acceptors (Lipinski definition) is 6. The monoisotopic (exact) mass is 246 g/mol. The summed E-state index contributed by atoms with van der Waals surface area (Å²) in [6.07, 6.45) is 8.79. The van der Waals surface area contributed by atoms with Gasteiger partial charge in [0.15, 0.2) is 0 Å². The van der Waals surface area contributed by atoms with Crippen LogP contribution in [-0.2, 0) is 0 Å². The molecule has 6 nitrogen and oxygen atoms in total. The summed E-state index contributed by atoms with van der Waals surface area (Å²) in [6.45, 7) is 2.99. The third kappa shape index (κ3) is 2.44. The first-order chi connectivity index (χ1) is 8.93. The number of allylic oxidation sites excluding steroid dienone is 1. The van der Waals surface area contributed by atoms with Gasteiger partial charge < -0.3 is 10.9 Å². The van der Waals surface area contributed by atoms with Crippen LogP contribution in [-0.4, -0.2) is 32.1 Å². The lowest BCUT2D eigenvalue weighted by molar-refractivity contribution is 0.654. The van der Waals surface area contributed by atoms with Crippen LogP contribution in [0.4, 0.5) is 0 Å². The lowest BCUT2D eigenvalue weighted by Crippen LogP contribution is -2.20. The van der Waals surface area contributed by atoms with E-state index in [1.165, 1.54) is 11.4 Å². The van der Waals surface area contributed by atoms with Crippen LogP contribution < -0.4 is 21.7 Å². The molecule has 0 radical (unpaired) electrons. The quantitative estimate of drug-likeness (QED) is 0.474. The molecule has 4 aliphatic heterocycles. The normalized spacial score (nSPS) is 31.1. The number of dihydropyridines is 1. The Morgan fingerprint density at radius 3 is 2.72 bits per heavy atom. The first-order valence-electron chi connectivity index (χ1n) is 6.33. The highest BCUT2D eigenvalue weighted by atomic mass is 15.4. The summed E-state index contributed by atoms with van der Waals surface area (Å²) in [5.74, 6) is 1.26. The van der Waals surface area contributed by atoms with Crippen LogP contribution in [0, 0.1) is 11.8 Å². The van der Waals surface area contributed by atoms with Gasteiger partial charge in [-0.25, -0.2) is 10.9 Å². The van der Waals surface area contributed by atoms with Crippen molar-refractivity contribution in [1.82, 2.24) is 21.7 Å². The Hall–Kier alpha value is -1.66. The molecule has 0 amide bonds. The number of aliphatic imine (C=N–C) groups is 2. The van der Waals surface area contributed by atoms with Gasteiger partial charge >= 0.3 is 0 Å². The van der Waals surface area contributed by atoms with Crippen molar-refractivity contribution in [2.45, 2.75) is 6.42 Å². The van der Waals surface area contributed by atoms with Gasteiger partial charge in [-0.15, -0.1) is 0 Å². The third-order valence-electron chi connectivity index (χ3n) is 3.44. The second-order valence-corrected chi connectivity index (χ2v) is 4.69. The number of hydrazine groups is 2.